The smallest absolute Gasteiger partial charge is 0.328 e. The van der Waals surface area contributed by atoms with Gasteiger partial charge in [-0.1, -0.05) is 121 Å². The summed E-state index contributed by atoms with van der Waals surface area (Å²) in [5, 5.41) is 2.99. The number of benzene rings is 4. The van der Waals surface area contributed by atoms with Crippen LogP contribution in [0.1, 0.15) is 34.2 Å². The van der Waals surface area contributed by atoms with Gasteiger partial charge in [0.05, 0.1) is 12.5 Å². The predicted octanol–water partition coefficient (Wildman–Crippen LogP) is 5.62. The number of amides is 1. The number of carbonyl (C=O) groups excluding carboxylic acids is 2. The van der Waals surface area contributed by atoms with Crippen LogP contribution in [-0.2, 0) is 26.2 Å². The van der Waals surface area contributed by atoms with Gasteiger partial charge in [-0.25, -0.2) is 4.79 Å². The number of ether oxygens (including phenoxy) is 1. The highest BCUT2D eigenvalue weighted by Gasteiger charge is 2.39. The Morgan fingerprint density at radius 1 is 0.750 bits per heavy atom. The van der Waals surface area contributed by atoms with Crippen LogP contribution in [0.4, 0.5) is 0 Å². The van der Waals surface area contributed by atoms with E-state index >= 15 is 0 Å². The van der Waals surface area contributed by atoms with E-state index in [4.69, 9.17) is 4.74 Å². The maximum absolute atomic E-state index is 13.7. The quantitative estimate of drug-likeness (QED) is 0.251. The molecule has 0 heterocycles. The zero-order valence-electron chi connectivity index (χ0n) is 20.7. The van der Waals surface area contributed by atoms with E-state index in [1.54, 1.807) is 0 Å². The third-order valence-corrected chi connectivity index (χ3v) is 6.57. The van der Waals surface area contributed by atoms with Gasteiger partial charge in [-0.15, -0.1) is 0 Å². The first kappa shape index (κ1) is 24.9. The van der Waals surface area contributed by atoms with E-state index in [0.717, 1.165) is 27.8 Å². The minimum absolute atomic E-state index is 0.131. The molecule has 0 aliphatic carbocycles. The first-order valence-electron chi connectivity index (χ1n) is 12.1. The van der Waals surface area contributed by atoms with Gasteiger partial charge < -0.3 is 10.1 Å². The fourth-order valence-electron chi connectivity index (χ4n) is 4.87. The zero-order valence-corrected chi connectivity index (χ0v) is 20.7. The Balaban J connectivity index is 1.73. The molecule has 0 unspecified atom stereocenters. The van der Waals surface area contributed by atoms with Gasteiger partial charge in [0.25, 0.3) is 0 Å². The van der Waals surface area contributed by atoms with E-state index in [2.05, 4.69) is 41.7 Å². The third-order valence-electron chi connectivity index (χ3n) is 6.57. The van der Waals surface area contributed by atoms with Crippen LogP contribution in [0, 0.1) is 6.92 Å². The number of carbonyl (C=O) groups is 2. The van der Waals surface area contributed by atoms with Crippen LogP contribution in [0.15, 0.2) is 115 Å². The number of esters is 1. The molecule has 0 saturated heterocycles. The van der Waals surface area contributed by atoms with E-state index in [1.807, 2.05) is 85.8 Å². The Bertz CT molecular complexity index is 1190. The van der Waals surface area contributed by atoms with Crippen LogP contribution in [0.3, 0.4) is 0 Å². The second-order valence-electron chi connectivity index (χ2n) is 9.02. The summed E-state index contributed by atoms with van der Waals surface area (Å²) >= 11 is 0. The Hall–Kier alpha value is -4.18. The molecule has 1 atom stereocenters. The molecule has 1 N–H and O–H groups in total. The summed E-state index contributed by atoms with van der Waals surface area (Å²) in [6.07, 6.45) is 0.488. The van der Waals surface area contributed by atoms with Crippen molar-refractivity contribution in [2.24, 2.45) is 0 Å². The molecule has 182 valence electrons. The van der Waals surface area contributed by atoms with Crippen molar-refractivity contribution in [3.05, 3.63) is 143 Å². The largest absolute Gasteiger partial charge is 0.467 e. The molecule has 0 aliphatic rings. The van der Waals surface area contributed by atoms with Gasteiger partial charge in [-0.2, -0.15) is 0 Å². The lowest BCUT2D eigenvalue weighted by Gasteiger charge is -2.36. The minimum atomic E-state index is -0.788. The molecule has 1 amide bonds. The molecule has 0 bridgehead atoms. The standard InChI is InChI=1S/C32H31NO3/c1-24-13-12-14-25(21-24)22-29(31(35)36-2)33-30(34)23-32(26-15-6-3-7-16-26,27-17-8-4-9-18-27)28-19-10-5-11-20-28/h3-21,29H,22-23H2,1-2H3,(H,33,34)/t29-/m1/s1. The molecule has 0 spiro atoms. The second-order valence-corrected chi connectivity index (χ2v) is 9.02. The van der Waals surface area contributed by atoms with Crippen molar-refractivity contribution in [3.8, 4) is 0 Å². The molecule has 0 aliphatic heterocycles. The Kier molecular flexibility index (Phi) is 7.96. The van der Waals surface area contributed by atoms with Crippen molar-refractivity contribution < 1.29 is 14.3 Å². The summed E-state index contributed by atoms with van der Waals surface area (Å²) in [6, 6.07) is 37.3. The van der Waals surface area contributed by atoms with Gasteiger partial charge in [0.1, 0.15) is 6.04 Å². The highest BCUT2D eigenvalue weighted by atomic mass is 16.5. The van der Waals surface area contributed by atoms with E-state index in [-0.39, 0.29) is 12.3 Å². The predicted molar refractivity (Wildman–Crippen MR) is 143 cm³/mol. The molecule has 4 heteroatoms. The fraction of sp³-hybridized carbons (Fsp3) is 0.188. The summed E-state index contributed by atoms with van der Waals surface area (Å²) in [5.41, 5.74) is 4.34. The SMILES string of the molecule is COC(=O)[C@@H](Cc1cccc(C)c1)NC(=O)CC(c1ccccc1)(c1ccccc1)c1ccccc1. The molecule has 4 aromatic rings. The van der Waals surface area contributed by atoms with E-state index in [0.29, 0.717) is 6.42 Å². The molecule has 0 radical (unpaired) electrons. The average molecular weight is 478 g/mol. The number of methoxy groups -OCH3 is 1. The summed E-state index contributed by atoms with van der Waals surface area (Å²) in [4.78, 5) is 26.4. The number of rotatable bonds is 9. The molecule has 4 rings (SSSR count). The maximum atomic E-state index is 13.7. The topological polar surface area (TPSA) is 55.4 Å². The Morgan fingerprint density at radius 2 is 1.25 bits per heavy atom. The second kappa shape index (κ2) is 11.5. The monoisotopic (exact) mass is 477 g/mol. The first-order valence-corrected chi connectivity index (χ1v) is 12.1. The van der Waals surface area contributed by atoms with Gasteiger partial charge >= 0.3 is 5.97 Å². The van der Waals surface area contributed by atoms with E-state index in [9.17, 15) is 9.59 Å². The van der Waals surface area contributed by atoms with Gasteiger partial charge in [0, 0.05) is 12.8 Å². The summed E-state index contributed by atoms with van der Waals surface area (Å²) in [7, 11) is 1.35. The minimum Gasteiger partial charge on any atom is -0.467 e. The zero-order chi connectivity index (χ0) is 25.4. The molecule has 4 aromatic carbocycles. The third kappa shape index (κ3) is 5.55. The average Bonchev–Trinajstić information content (AvgIpc) is 2.92. The molecule has 0 saturated carbocycles. The van der Waals surface area contributed by atoms with Gasteiger partial charge in [0.2, 0.25) is 5.91 Å². The Labute approximate surface area is 213 Å². The highest BCUT2D eigenvalue weighted by Crippen LogP contribution is 2.42. The number of aryl methyl sites for hydroxylation is 1. The van der Waals surface area contributed by atoms with E-state index in [1.165, 1.54) is 7.11 Å². The van der Waals surface area contributed by atoms with Crippen molar-refractivity contribution in [2.45, 2.75) is 31.2 Å². The van der Waals surface area contributed by atoms with Crippen molar-refractivity contribution in [1.29, 1.82) is 0 Å². The van der Waals surface area contributed by atoms with Crippen LogP contribution in [-0.4, -0.2) is 25.0 Å². The van der Waals surface area contributed by atoms with Crippen LogP contribution >= 0.6 is 0 Å². The number of nitrogens with one attached hydrogen (secondary N) is 1. The highest BCUT2D eigenvalue weighted by molar-refractivity contribution is 5.86. The van der Waals surface area contributed by atoms with Crippen molar-refractivity contribution in [2.75, 3.05) is 7.11 Å². The summed E-state index contributed by atoms with van der Waals surface area (Å²) in [5.74, 6) is -0.691. The van der Waals surface area contributed by atoms with Crippen molar-refractivity contribution >= 4 is 11.9 Å². The lowest BCUT2D eigenvalue weighted by atomic mass is 9.67. The van der Waals surface area contributed by atoms with Crippen LogP contribution in [0.25, 0.3) is 0 Å². The first-order chi connectivity index (χ1) is 17.5. The molecular weight excluding hydrogens is 446 g/mol. The normalized spacial score (nSPS) is 11.9. The number of hydrogen-bond donors (Lipinski definition) is 1. The molecule has 0 aromatic heterocycles. The molecule has 36 heavy (non-hydrogen) atoms. The van der Waals surface area contributed by atoms with Crippen LogP contribution in [0.5, 0.6) is 0 Å². The number of hydrogen-bond acceptors (Lipinski definition) is 3. The van der Waals surface area contributed by atoms with Crippen molar-refractivity contribution in [3.63, 3.8) is 0 Å². The molecular formula is C32H31NO3. The Morgan fingerprint density at radius 3 is 1.69 bits per heavy atom. The lowest BCUT2D eigenvalue weighted by molar-refractivity contribution is -0.145. The van der Waals surface area contributed by atoms with Gasteiger partial charge in [0.15, 0.2) is 0 Å². The summed E-state index contributed by atoms with van der Waals surface area (Å²) in [6.45, 7) is 2.00. The molecule has 4 nitrogen and oxygen atoms in total. The van der Waals surface area contributed by atoms with Crippen LogP contribution in [0.2, 0.25) is 0 Å². The lowest BCUT2D eigenvalue weighted by Crippen LogP contribution is -2.46. The van der Waals surface area contributed by atoms with Gasteiger partial charge in [-0.3, -0.25) is 4.79 Å². The van der Waals surface area contributed by atoms with E-state index < -0.39 is 17.4 Å². The van der Waals surface area contributed by atoms with Crippen molar-refractivity contribution in [1.82, 2.24) is 5.32 Å². The summed E-state index contributed by atoms with van der Waals surface area (Å²) < 4.78 is 5.05. The fourth-order valence-corrected chi connectivity index (χ4v) is 4.87. The van der Waals surface area contributed by atoms with Crippen LogP contribution < -0.4 is 5.32 Å². The van der Waals surface area contributed by atoms with Gasteiger partial charge in [-0.05, 0) is 29.2 Å². The maximum Gasteiger partial charge on any atom is 0.328 e. The molecule has 0 fully saturated rings.